The molecule has 1 fully saturated rings. The van der Waals surface area contributed by atoms with E-state index in [2.05, 4.69) is 10.4 Å². The molecule has 1 atom stereocenters. The zero-order valence-electron chi connectivity index (χ0n) is 16.5. The molecule has 0 spiro atoms. The van der Waals surface area contributed by atoms with Crippen LogP contribution in [0.25, 0.3) is 0 Å². The highest BCUT2D eigenvalue weighted by Crippen LogP contribution is 2.21. The molecule has 2 amide bonds. The summed E-state index contributed by atoms with van der Waals surface area (Å²) < 4.78 is 7.39. The van der Waals surface area contributed by atoms with Gasteiger partial charge in [-0.25, -0.2) is 4.68 Å². The van der Waals surface area contributed by atoms with E-state index in [1.807, 2.05) is 44.2 Å². The number of carbonyl (C=O) groups is 2. The Bertz CT molecular complexity index is 788. The minimum absolute atomic E-state index is 0.0284. The molecule has 28 heavy (non-hydrogen) atoms. The normalized spacial score (nSPS) is 16.8. The predicted octanol–water partition coefficient (Wildman–Crippen LogP) is 3.11. The number of rotatable bonds is 7. The highest BCUT2D eigenvalue weighted by atomic mass is 16.5. The SMILES string of the molecule is CC(C)n1nccc1NC(=O)C1CCCN(C(=O)CCOc2ccccc2)C1. The van der Waals surface area contributed by atoms with Gasteiger partial charge in [-0.1, -0.05) is 18.2 Å². The van der Waals surface area contributed by atoms with E-state index in [1.165, 1.54) is 0 Å². The number of likely N-dealkylation sites (tertiary alicyclic amines) is 1. The lowest BCUT2D eigenvalue weighted by Gasteiger charge is -2.32. The standard InChI is InChI=1S/C21H28N4O3/c1-16(2)25-19(10-12-22-25)23-21(27)17-7-6-13-24(15-17)20(26)11-14-28-18-8-4-3-5-9-18/h3-5,8-10,12,16-17H,6-7,11,13-15H2,1-2H3,(H,23,27). The van der Waals surface area contributed by atoms with Gasteiger partial charge in [0.25, 0.3) is 0 Å². The van der Waals surface area contributed by atoms with Crippen LogP contribution in [0.3, 0.4) is 0 Å². The second-order valence-electron chi connectivity index (χ2n) is 7.33. The number of para-hydroxylation sites is 1. The number of nitrogens with one attached hydrogen (secondary N) is 1. The first-order chi connectivity index (χ1) is 13.5. The molecule has 0 aliphatic carbocycles. The van der Waals surface area contributed by atoms with E-state index in [9.17, 15) is 9.59 Å². The van der Waals surface area contributed by atoms with Crippen molar-refractivity contribution in [2.45, 2.75) is 39.2 Å². The van der Waals surface area contributed by atoms with Crippen molar-refractivity contribution in [2.24, 2.45) is 5.92 Å². The number of carbonyl (C=O) groups excluding carboxylic acids is 2. The molecule has 1 aromatic carbocycles. The van der Waals surface area contributed by atoms with Gasteiger partial charge in [-0.15, -0.1) is 0 Å². The Morgan fingerprint density at radius 1 is 1.25 bits per heavy atom. The maximum atomic E-state index is 12.7. The van der Waals surface area contributed by atoms with E-state index in [-0.39, 0.29) is 23.8 Å². The highest BCUT2D eigenvalue weighted by Gasteiger charge is 2.28. The lowest BCUT2D eigenvalue weighted by Crippen LogP contribution is -2.44. The van der Waals surface area contributed by atoms with Crippen LogP contribution in [0.1, 0.15) is 39.2 Å². The van der Waals surface area contributed by atoms with Crippen molar-refractivity contribution >= 4 is 17.6 Å². The minimum Gasteiger partial charge on any atom is -0.493 e. The topological polar surface area (TPSA) is 76.5 Å². The third kappa shape index (κ3) is 5.12. The first-order valence-electron chi connectivity index (χ1n) is 9.84. The van der Waals surface area contributed by atoms with Crippen LogP contribution < -0.4 is 10.1 Å². The van der Waals surface area contributed by atoms with Crippen molar-refractivity contribution in [3.63, 3.8) is 0 Å². The van der Waals surface area contributed by atoms with Crippen LogP contribution >= 0.6 is 0 Å². The minimum atomic E-state index is -0.205. The van der Waals surface area contributed by atoms with Crippen molar-refractivity contribution < 1.29 is 14.3 Å². The van der Waals surface area contributed by atoms with E-state index in [1.54, 1.807) is 21.8 Å². The van der Waals surface area contributed by atoms with Crippen molar-refractivity contribution in [1.29, 1.82) is 0 Å². The molecule has 0 saturated carbocycles. The maximum Gasteiger partial charge on any atom is 0.230 e. The first kappa shape index (κ1) is 19.9. The van der Waals surface area contributed by atoms with E-state index in [4.69, 9.17) is 4.74 Å². The molecule has 7 nitrogen and oxygen atoms in total. The molecule has 1 aliphatic rings. The molecule has 2 heterocycles. The lowest BCUT2D eigenvalue weighted by molar-refractivity contribution is -0.135. The molecule has 1 unspecified atom stereocenters. The van der Waals surface area contributed by atoms with Crippen molar-refractivity contribution in [2.75, 3.05) is 25.0 Å². The van der Waals surface area contributed by atoms with Crippen LogP contribution in [0, 0.1) is 5.92 Å². The summed E-state index contributed by atoms with van der Waals surface area (Å²) >= 11 is 0. The van der Waals surface area contributed by atoms with E-state index in [0.717, 1.165) is 18.6 Å². The molecule has 1 aromatic heterocycles. The Morgan fingerprint density at radius 2 is 2.04 bits per heavy atom. The number of ether oxygens (including phenoxy) is 1. The van der Waals surface area contributed by atoms with Gasteiger partial charge in [0.2, 0.25) is 11.8 Å². The van der Waals surface area contributed by atoms with Gasteiger partial charge in [0.05, 0.1) is 25.1 Å². The fraction of sp³-hybridized carbons (Fsp3) is 0.476. The van der Waals surface area contributed by atoms with Gasteiger partial charge in [-0.2, -0.15) is 5.10 Å². The third-order valence-corrected chi connectivity index (χ3v) is 4.88. The van der Waals surface area contributed by atoms with Gasteiger partial charge in [-0.3, -0.25) is 9.59 Å². The molecule has 1 saturated heterocycles. The summed E-state index contributed by atoms with van der Waals surface area (Å²) in [5, 5.41) is 7.20. The molecule has 150 valence electrons. The van der Waals surface area contributed by atoms with Gasteiger partial charge in [0, 0.05) is 25.2 Å². The number of aromatic nitrogens is 2. The number of hydrogen-bond donors (Lipinski definition) is 1. The molecule has 2 aromatic rings. The van der Waals surface area contributed by atoms with E-state index >= 15 is 0 Å². The zero-order chi connectivity index (χ0) is 19.9. The van der Waals surface area contributed by atoms with Crippen LogP contribution in [-0.2, 0) is 9.59 Å². The number of nitrogens with zero attached hydrogens (tertiary/aromatic N) is 3. The van der Waals surface area contributed by atoms with E-state index in [0.29, 0.717) is 31.9 Å². The molecule has 1 N–H and O–H groups in total. The van der Waals surface area contributed by atoms with Crippen LogP contribution in [0.2, 0.25) is 0 Å². The van der Waals surface area contributed by atoms with Crippen LogP contribution in [0.4, 0.5) is 5.82 Å². The summed E-state index contributed by atoms with van der Waals surface area (Å²) in [7, 11) is 0. The van der Waals surface area contributed by atoms with E-state index < -0.39 is 0 Å². The average Bonchev–Trinajstić information content (AvgIpc) is 3.17. The Kier molecular flexibility index (Phi) is 6.68. The number of piperidine rings is 1. The van der Waals surface area contributed by atoms with Crippen molar-refractivity contribution in [3.05, 3.63) is 42.6 Å². The predicted molar refractivity (Wildman–Crippen MR) is 107 cm³/mol. The summed E-state index contributed by atoms with van der Waals surface area (Å²) in [4.78, 5) is 27.0. The summed E-state index contributed by atoms with van der Waals surface area (Å²) in [6.45, 7) is 5.51. The molecular formula is C21H28N4O3. The number of anilines is 1. The van der Waals surface area contributed by atoms with Gasteiger partial charge in [0.1, 0.15) is 11.6 Å². The summed E-state index contributed by atoms with van der Waals surface area (Å²) in [6, 6.07) is 11.4. The fourth-order valence-electron chi connectivity index (χ4n) is 3.40. The summed E-state index contributed by atoms with van der Waals surface area (Å²) in [5.74, 6) is 1.22. The molecule has 7 heteroatoms. The molecule has 3 rings (SSSR count). The summed E-state index contributed by atoms with van der Waals surface area (Å²) in [6.07, 6.45) is 3.60. The van der Waals surface area contributed by atoms with Crippen molar-refractivity contribution in [1.82, 2.24) is 14.7 Å². The number of hydrogen-bond acceptors (Lipinski definition) is 4. The second-order valence-corrected chi connectivity index (χ2v) is 7.33. The molecule has 0 radical (unpaired) electrons. The fourth-order valence-corrected chi connectivity index (χ4v) is 3.40. The van der Waals surface area contributed by atoms with Crippen LogP contribution in [0.15, 0.2) is 42.6 Å². The van der Waals surface area contributed by atoms with Gasteiger partial charge in [-0.05, 0) is 38.8 Å². The van der Waals surface area contributed by atoms with Gasteiger partial charge in [0.15, 0.2) is 0 Å². The molecule has 1 aliphatic heterocycles. The van der Waals surface area contributed by atoms with Crippen LogP contribution in [-0.4, -0.2) is 46.2 Å². The average molecular weight is 384 g/mol. The Labute approximate surface area is 165 Å². The first-order valence-corrected chi connectivity index (χ1v) is 9.84. The third-order valence-electron chi connectivity index (χ3n) is 4.88. The Morgan fingerprint density at radius 3 is 2.79 bits per heavy atom. The molecule has 0 bridgehead atoms. The largest absolute Gasteiger partial charge is 0.493 e. The smallest absolute Gasteiger partial charge is 0.230 e. The summed E-state index contributed by atoms with van der Waals surface area (Å²) in [5.41, 5.74) is 0. The van der Waals surface area contributed by atoms with Crippen LogP contribution in [0.5, 0.6) is 5.75 Å². The molecular weight excluding hydrogens is 356 g/mol. The Hall–Kier alpha value is -2.83. The quantitative estimate of drug-likeness (QED) is 0.796. The van der Waals surface area contributed by atoms with Gasteiger partial charge < -0.3 is 15.0 Å². The number of benzene rings is 1. The van der Waals surface area contributed by atoms with Crippen molar-refractivity contribution in [3.8, 4) is 5.75 Å². The van der Waals surface area contributed by atoms with Gasteiger partial charge >= 0.3 is 0 Å². The second kappa shape index (κ2) is 9.39. The highest BCUT2D eigenvalue weighted by molar-refractivity contribution is 5.92. The Balaban J connectivity index is 1.49. The monoisotopic (exact) mass is 384 g/mol. The zero-order valence-corrected chi connectivity index (χ0v) is 16.5. The lowest BCUT2D eigenvalue weighted by atomic mass is 9.97. The number of amides is 2. The maximum absolute atomic E-state index is 12.7.